The number of imidazole rings is 2. The minimum absolute atomic E-state index is 0.0411. The lowest BCUT2D eigenvalue weighted by molar-refractivity contribution is -0.160. The average Bonchev–Trinajstić information content (AvgIpc) is 3.89. The maximum Gasteiger partial charge on any atom is 0.410 e. The van der Waals surface area contributed by atoms with Gasteiger partial charge in [0, 0.05) is 23.6 Å². The highest BCUT2D eigenvalue weighted by molar-refractivity contribution is 6.31. The summed E-state index contributed by atoms with van der Waals surface area (Å²) in [6, 6.07) is 21.0. The van der Waals surface area contributed by atoms with Gasteiger partial charge in [0.05, 0.1) is 23.9 Å². The van der Waals surface area contributed by atoms with Gasteiger partial charge in [-0.15, -0.1) is 0 Å². The molecule has 3 aromatic carbocycles. The number of hydrogen-bond acceptors (Lipinski definition) is 6. The number of likely N-dealkylation sites (tertiary alicyclic amines) is 1. The van der Waals surface area contributed by atoms with Crippen LogP contribution in [0, 0.1) is 5.92 Å². The van der Waals surface area contributed by atoms with E-state index in [4.69, 9.17) is 26.1 Å². The van der Waals surface area contributed by atoms with Crippen molar-refractivity contribution in [3.8, 4) is 33.6 Å². The first-order valence-corrected chi connectivity index (χ1v) is 18.3. The van der Waals surface area contributed by atoms with Crippen LogP contribution in [-0.4, -0.2) is 54.6 Å². The van der Waals surface area contributed by atoms with Crippen molar-refractivity contribution in [3.05, 3.63) is 83.7 Å². The molecule has 0 bridgehead atoms. The second-order valence-electron chi connectivity index (χ2n) is 15.8. The molecule has 51 heavy (non-hydrogen) atoms. The molecule has 3 heterocycles. The van der Waals surface area contributed by atoms with E-state index in [2.05, 4.69) is 63.5 Å². The standard InChI is InChI=1S/C41H46ClN5O4/c1-40(2,3)50-38(48)31-10-7-9-30(31)36-45-34(35(42)46-36)25-14-12-24(13-15-25)26-16-17-28-22-29(19-18-27(28)21-26)32-23-43-37(44-32)33-11-8-20-47(33)39(49)51-41(4,5)6/h12-19,21-23,30-31,33H,7-11,20H2,1-6H3,(H,43,44)(H,45,46)/t30?,31?,33-/m0/s1. The number of halogens is 1. The van der Waals surface area contributed by atoms with Gasteiger partial charge >= 0.3 is 12.1 Å². The molecule has 1 aliphatic carbocycles. The minimum Gasteiger partial charge on any atom is -0.460 e. The predicted molar refractivity (Wildman–Crippen MR) is 200 cm³/mol. The lowest BCUT2D eigenvalue weighted by Crippen LogP contribution is -2.36. The van der Waals surface area contributed by atoms with E-state index in [0.717, 1.165) is 82.5 Å². The fourth-order valence-electron chi connectivity index (χ4n) is 7.34. The van der Waals surface area contributed by atoms with E-state index in [1.807, 2.05) is 59.9 Å². The number of nitrogens with one attached hydrogen (secondary N) is 2. The first kappa shape index (κ1) is 34.8. The first-order valence-electron chi connectivity index (χ1n) is 17.9. The number of ether oxygens (including phenoxy) is 2. The van der Waals surface area contributed by atoms with Crippen molar-refractivity contribution in [2.75, 3.05) is 6.54 Å². The summed E-state index contributed by atoms with van der Waals surface area (Å²) in [6.45, 7) is 12.0. The summed E-state index contributed by atoms with van der Waals surface area (Å²) in [5, 5.41) is 2.72. The molecule has 1 saturated carbocycles. The molecule has 0 radical (unpaired) electrons. The van der Waals surface area contributed by atoms with Crippen molar-refractivity contribution in [2.45, 2.75) is 96.8 Å². The molecule has 1 aliphatic heterocycles. The Kier molecular flexibility index (Phi) is 9.21. The molecule has 9 nitrogen and oxygen atoms in total. The van der Waals surface area contributed by atoms with E-state index in [9.17, 15) is 9.59 Å². The van der Waals surface area contributed by atoms with Gasteiger partial charge in [-0.2, -0.15) is 0 Å². The molecule has 5 aromatic rings. The molecular formula is C41H46ClN5O4. The Balaban J connectivity index is 1.05. The summed E-state index contributed by atoms with van der Waals surface area (Å²) in [7, 11) is 0. The van der Waals surface area contributed by atoms with Crippen LogP contribution in [0.1, 0.15) is 97.3 Å². The summed E-state index contributed by atoms with van der Waals surface area (Å²) in [5.74, 6) is 1.09. The highest BCUT2D eigenvalue weighted by atomic mass is 35.5. The molecular weight excluding hydrogens is 662 g/mol. The Hall–Kier alpha value is -4.63. The van der Waals surface area contributed by atoms with Crippen molar-refractivity contribution in [2.24, 2.45) is 5.92 Å². The fourth-order valence-corrected chi connectivity index (χ4v) is 7.59. The largest absolute Gasteiger partial charge is 0.460 e. The number of nitrogens with zero attached hydrogens (tertiary/aromatic N) is 3. The lowest BCUT2D eigenvalue weighted by atomic mass is 9.95. The van der Waals surface area contributed by atoms with Gasteiger partial charge in [0.25, 0.3) is 0 Å². The third-order valence-electron chi connectivity index (χ3n) is 9.69. The molecule has 266 valence electrons. The molecule has 3 atom stereocenters. The van der Waals surface area contributed by atoms with E-state index in [1.54, 1.807) is 4.90 Å². The molecule has 1 saturated heterocycles. The maximum atomic E-state index is 12.9. The van der Waals surface area contributed by atoms with Crippen molar-refractivity contribution < 1.29 is 19.1 Å². The van der Waals surface area contributed by atoms with Gasteiger partial charge in [0.2, 0.25) is 0 Å². The topological polar surface area (TPSA) is 113 Å². The first-order chi connectivity index (χ1) is 24.2. The third-order valence-corrected chi connectivity index (χ3v) is 9.96. The van der Waals surface area contributed by atoms with Gasteiger partial charge in [0.1, 0.15) is 33.7 Å². The summed E-state index contributed by atoms with van der Waals surface area (Å²) in [5.41, 5.74) is 4.66. The second kappa shape index (κ2) is 13.5. The fraction of sp³-hybridized carbons (Fsp3) is 0.415. The number of rotatable bonds is 6. The third kappa shape index (κ3) is 7.54. The molecule has 2 unspecified atom stereocenters. The van der Waals surface area contributed by atoms with E-state index >= 15 is 0 Å². The smallest absolute Gasteiger partial charge is 0.410 e. The SMILES string of the molecule is CC(C)(C)OC(=O)C1CCCC1c1nc(-c2ccc(-c3ccc4cc(-c5cnc([C@@H]6CCCN6C(=O)OC(C)(C)C)[nH]5)ccc4c3)cc2)c(Cl)[nH]1. The van der Waals surface area contributed by atoms with Crippen LogP contribution in [0.4, 0.5) is 4.79 Å². The number of H-pyrrole nitrogens is 2. The molecule has 2 N–H and O–H groups in total. The molecule has 2 fully saturated rings. The van der Waals surface area contributed by atoms with Gasteiger partial charge in [0.15, 0.2) is 0 Å². The van der Waals surface area contributed by atoms with Crippen molar-refractivity contribution in [1.29, 1.82) is 0 Å². The zero-order valence-corrected chi connectivity index (χ0v) is 30.9. The Labute approximate surface area is 304 Å². The number of hydrogen-bond donors (Lipinski definition) is 2. The summed E-state index contributed by atoms with van der Waals surface area (Å²) < 4.78 is 11.4. The number of esters is 1. The van der Waals surface area contributed by atoms with Gasteiger partial charge < -0.3 is 19.4 Å². The number of carbonyl (C=O) groups is 2. The molecule has 2 aliphatic rings. The van der Waals surface area contributed by atoms with Crippen LogP contribution in [0.5, 0.6) is 0 Å². The molecule has 0 spiro atoms. The summed E-state index contributed by atoms with van der Waals surface area (Å²) in [6.07, 6.45) is 5.91. The Morgan fingerprint density at radius 1 is 0.765 bits per heavy atom. The van der Waals surface area contributed by atoms with Crippen LogP contribution < -0.4 is 0 Å². The average molecular weight is 708 g/mol. The van der Waals surface area contributed by atoms with Crippen LogP contribution >= 0.6 is 11.6 Å². The van der Waals surface area contributed by atoms with Gasteiger partial charge in [-0.05, 0) is 101 Å². The zero-order valence-electron chi connectivity index (χ0n) is 30.2. The number of aromatic nitrogens is 4. The number of aromatic amines is 2. The Bertz CT molecular complexity index is 2070. The van der Waals surface area contributed by atoms with E-state index in [0.29, 0.717) is 17.4 Å². The second-order valence-corrected chi connectivity index (χ2v) is 16.2. The highest BCUT2D eigenvalue weighted by Crippen LogP contribution is 2.42. The predicted octanol–water partition coefficient (Wildman–Crippen LogP) is 10.2. The molecule has 7 rings (SSSR count). The van der Waals surface area contributed by atoms with E-state index in [1.165, 1.54) is 0 Å². The summed E-state index contributed by atoms with van der Waals surface area (Å²) >= 11 is 6.68. The van der Waals surface area contributed by atoms with Crippen LogP contribution in [0.3, 0.4) is 0 Å². The number of amides is 1. The van der Waals surface area contributed by atoms with Gasteiger partial charge in [-0.25, -0.2) is 14.8 Å². The number of fused-ring (bicyclic) bond motifs is 1. The quantitative estimate of drug-likeness (QED) is 0.170. The van der Waals surface area contributed by atoms with Crippen molar-refractivity contribution >= 4 is 34.4 Å². The molecule has 10 heteroatoms. The van der Waals surface area contributed by atoms with Crippen molar-refractivity contribution in [1.82, 2.24) is 24.8 Å². The lowest BCUT2D eigenvalue weighted by Gasteiger charge is -2.27. The Morgan fingerprint density at radius 2 is 1.41 bits per heavy atom. The van der Waals surface area contributed by atoms with Crippen LogP contribution in [0.25, 0.3) is 44.4 Å². The van der Waals surface area contributed by atoms with E-state index in [-0.39, 0.29) is 29.9 Å². The maximum absolute atomic E-state index is 12.9. The number of benzene rings is 3. The van der Waals surface area contributed by atoms with Gasteiger partial charge in [-0.3, -0.25) is 9.69 Å². The number of carbonyl (C=O) groups excluding carboxylic acids is 2. The summed E-state index contributed by atoms with van der Waals surface area (Å²) in [4.78, 5) is 43.9. The van der Waals surface area contributed by atoms with E-state index < -0.39 is 11.2 Å². The van der Waals surface area contributed by atoms with Crippen LogP contribution in [0.2, 0.25) is 5.15 Å². The van der Waals surface area contributed by atoms with Gasteiger partial charge in [-0.1, -0.05) is 66.6 Å². The van der Waals surface area contributed by atoms with Crippen LogP contribution in [-0.2, 0) is 14.3 Å². The van der Waals surface area contributed by atoms with Crippen LogP contribution in [0.15, 0.2) is 66.9 Å². The Morgan fingerprint density at radius 3 is 2.12 bits per heavy atom. The monoisotopic (exact) mass is 707 g/mol. The normalized spacial score (nSPS) is 19.5. The molecule has 2 aromatic heterocycles. The highest BCUT2D eigenvalue weighted by Gasteiger charge is 2.39. The zero-order chi connectivity index (χ0) is 36.1. The molecule has 1 amide bonds. The minimum atomic E-state index is -0.544. The van der Waals surface area contributed by atoms with Crippen molar-refractivity contribution in [3.63, 3.8) is 0 Å².